The molecule has 1 amide bonds. The maximum atomic E-state index is 12.7. The van der Waals surface area contributed by atoms with Gasteiger partial charge >= 0.3 is 0 Å². The quantitative estimate of drug-likeness (QED) is 0.658. The Balaban J connectivity index is 2.09. The molecule has 28 heavy (non-hydrogen) atoms. The van der Waals surface area contributed by atoms with Gasteiger partial charge in [-0.3, -0.25) is 4.79 Å². The number of hydrogen-bond donors (Lipinski definition) is 2. The summed E-state index contributed by atoms with van der Waals surface area (Å²) in [5.74, 6) is 0.500. The van der Waals surface area contributed by atoms with Crippen molar-refractivity contribution in [2.75, 3.05) is 6.61 Å². The van der Waals surface area contributed by atoms with Gasteiger partial charge in [0.15, 0.2) is 5.82 Å². The first kappa shape index (κ1) is 19.7. The number of amides is 1. The summed E-state index contributed by atoms with van der Waals surface area (Å²) >= 11 is 0. The van der Waals surface area contributed by atoms with Crippen molar-refractivity contribution in [2.45, 2.75) is 39.7 Å². The fraction of sp³-hybridized carbons (Fsp3) is 0.333. The Morgan fingerprint density at radius 1 is 1.18 bits per heavy atom. The summed E-state index contributed by atoms with van der Waals surface area (Å²) in [7, 11) is 0. The van der Waals surface area contributed by atoms with Crippen LogP contribution in [0.5, 0.6) is 0 Å². The third kappa shape index (κ3) is 4.43. The maximum Gasteiger partial charge on any atom is 0.251 e. The molecule has 2 N–H and O–H groups in total. The largest absolute Gasteiger partial charge is 0.394 e. The van der Waals surface area contributed by atoms with E-state index in [9.17, 15) is 9.90 Å². The van der Waals surface area contributed by atoms with E-state index in [4.69, 9.17) is 0 Å². The molecule has 0 spiro atoms. The predicted molar refractivity (Wildman–Crippen MR) is 107 cm³/mol. The summed E-state index contributed by atoms with van der Waals surface area (Å²) in [6, 6.07) is 13.4. The van der Waals surface area contributed by atoms with E-state index in [0.29, 0.717) is 5.56 Å². The molecule has 2 aromatic carbocycles. The molecule has 0 aliphatic carbocycles. The second-order valence-corrected chi connectivity index (χ2v) is 6.95. The van der Waals surface area contributed by atoms with Gasteiger partial charge in [0.1, 0.15) is 0 Å². The number of nitrogens with zero attached hydrogens (tertiary/aromatic N) is 4. The topological polar surface area (TPSA) is 92.9 Å². The van der Waals surface area contributed by atoms with Gasteiger partial charge in [0.05, 0.1) is 12.3 Å². The van der Waals surface area contributed by atoms with E-state index in [1.807, 2.05) is 43.3 Å². The van der Waals surface area contributed by atoms with E-state index in [1.165, 1.54) is 5.56 Å². The Labute approximate surface area is 164 Å². The zero-order chi connectivity index (χ0) is 20.1. The highest BCUT2D eigenvalue weighted by molar-refractivity contribution is 5.96. The standard InChI is InChI=1S/C21H25N5O2/c1-4-5-20-23-24-25-26(20)19-11-17(16-8-6-14(2)7-9-16)10-18(12-19)21(28)22-15(3)13-27/h6-12,15,27H,4-5,13H2,1-3H3,(H,22,28). The summed E-state index contributed by atoms with van der Waals surface area (Å²) < 4.78 is 1.67. The Bertz CT molecular complexity index is 950. The second-order valence-electron chi connectivity index (χ2n) is 6.95. The number of carbonyl (C=O) groups excluding carboxylic acids is 1. The van der Waals surface area contributed by atoms with Crippen molar-refractivity contribution in [1.82, 2.24) is 25.5 Å². The Morgan fingerprint density at radius 3 is 2.61 bits per heavy atom. The van der Waals surface area contributed by atoms with Crippen molar-refractivity contribution in [3.05, 3.63) is 59.4 Å². The monoisotopic (exact) mass is 379 g/mol. The van der Waals surface area contributed by atoms with Gasteiger partial charge in [-0.05, 0) is 60.0 Å². The molecule has 146 valence electrons. The van der Waals surface area contributed by atoms with E-state index in [0.717, 1.165) is 35.5 Å². The minimum atomic E-state index is -0.331. The molecule has 1 unspecified atom stereocenters. The van der Waals surface area contributed by atoms with Crippen LogP contribution in [0.3, 0.4) is 0 Å². The summed E-state index contributed by atoms with van der Waals surface area (Å²) in [5, 5.41) is 24.1. The van der Waals surface area contributed by atoms with Crippen LogP contribution in [0.1, 0.15) is 42.0 Å². The first-order chi connectivity index (χ1) is 13.5. The molecule has 0 bridgehead atoms. The number of rotatable bonds is 7. The van der Waals surface area contributed by atoms with Crippen LogP contribution in [-0.4, -0.2) is 43.9 Å². The number of aryl methyl sites for hydroxylation is 2. The fourth-order valence-corrected chi connectivity index (χ4v) is 2.92. The van der Waals surface area contributed by atoms with Crippen LogP contribution in [0.2, 0.25) is 0 Å². The highest BCUT2D eigenvalue weighted by Crippen LogP contribution is 2.25. The molecule has 3 rings (SSSR count). The zero-order valence-electron chi connectivity index (χ0n) is 16.4. The lowest BCUT2D eigenvalue weighted by molar-refractivity contribution is 0.0922. The van der Waals surface area contributed by atoms with Gasteiger partial charge in [-0.1, -0.05) is 36.8 Å². The number of benzene rings is 2. The average molecular weight is 379 g/mol. The van der Waals surface area contributed by atoms with Crippen molar-refractivity contribution < 1.29 is 9.90 Å². The molecule has 7 heteroatoms. The maximum absolute atomic E-state index is 12.7. The number of carbonyl (C=O) groups is 1. The summed E-state index contributed by atoms with van der Waals surface area (Å²) in [6.45, 7) is 5.73. The summed E-state index contributed by atoms with van der Waals surface area (Å²) in [5.41, 5.74) is 4.29. The van der Waals surface area contributed by atoms with Crippen molar-refractivity contribution in [3.63, 3.8) is 0 Å². The van der Waals surface area contributed by atoms with Crippen molar-refractivity contribution in [2.24, 2.45) is 0 Å². The smallest absolute Gasteiger partial charge is 0.251 e. The first-order valence-electron chi connectivity index (χ1n) is 9.43. The van der Waals surface area contributed by atoms with Gasteiger partial charge in [-0.25, -0.2) is 0 Å². The minimum absolute atomic E-state index is 0.121. The van der Waals surface area contributed by atoms with Crippen molar-refractivity contribution in [1.29, 1.82) is 0 Å². The lowest BCUT2D eigenvalue weighted by atomic mass is 10.0. The SMILES string of the molecule is CCCc1nnnn1-c1cc(C(=O)NC(C)CO)cc(-c2ccc(C)cc2)c1. The molecule has 0 fully saturated rings. The lowest BCUT2D eigenvalue weighted by Crippen LogP contribution is -2.35. The fourth-order valence-electron chi connectivity index (χ4n) is 2.92. The molecule has 0 aliphatic rings. The highest BCUT2D eigenvalue weighted by Gasteiger charge is 2.15. The van der Waals surface area contributed by atoms with Gasteiger partial charge in [-0.2, -0.15) is 4.68 Å². The molecular formula is C21H25N5O2. The molecule has 7 nitrogen and oxygen atoms in total. The highest BCUT2D eigenvalue weighted by atomic mass is 16.3. The van der Waals surface area contributed by atoms with Crippen LogP contribution >= 0.6 is 0 Å². The first-order valence-corrected chi connectivity index (χ1v) is 9.43. The normalized spacial score (nSPS) is 12.0. The molecule has 0 aliphatic heterocycles. The predicted octanol–water partition coefficient (Wildman–Crippen LogP) is 2.70. The van der Waals surface area contributed by atoms with Gasteiger partial charge in [0.2, 0.25) is 0 Å². The van der Waals surface area contributed by atoms with Crippen molar-refractivity contribution >= 4 is 5.91 Å². The van der Waals surface area contributed by atoms with Gasteiger partial charge < -0.3 is 10.4 Å². The number of nitrogens with one attached hydrogen (secondary N) is 1. The molecular weight excluding hydrogens is 354 g/mol. The molecule has 1 aromatic heterocycles. The summed E-state index contributed by atoms with van der Waals surface area (Å²) in [4.78, 5) is 12.7. The molecule has 0 saturated carbocycles. The summed E-state index contributed by atoms with van der Waals surface area (Å²) in [6.07, 6.45) is 1.66. The number of hydrogen-bond acceptors (Lipinski definition) is 5. The number of aliphatic hydroxyl groups excluding tert-OH is 1. The molecule has 0 saturated heterocycles. The Kier molecular flexibility index (Phi) is 6.16. The van der Waals surface area contributed by atoms with Crippen LogP contribution in [-0.2, 0) is 6.42 Å². The lowest BCUT2D eigenvalue weighted by Gasteiger charge is -2.14. The Morgan fingerprint density at radius 2 is 1.93 bits per heavy atom. The number of tetrazole rings is 1. The van der Waals surface area contributed by atoms with E-state index in [1.54, 1.807) is 17.7 Å². The number of aliphatic hydroxyl groups is 1. The minimum Gasteiger partial charge on any atom is -0.394 e. The molecule has 3 aromatic rings. The van der Waals surface area contributed by atoms with Gasteiger partial charge in [-0.15, -0.1) is 5.10 Å². The van der Waals surface area contributed by atoms with E-state index >= 15 is 0 Å². The van der Waals surface area contributed by atoms with Crippen molar-refractivity contribution in [3.8, 4) is 16.8 Å². The average Bonchev–Trinajstić information content (AvgIpc) is 3.16. The third-order valence-corrected chi connectivity index (χ3v) is 4.47. The van der Waals surface area contributed by atoms with E-state index < -0.39 is 0 Å². The van der Waals surface area contributed by atoms with Crippen LogP contribution in [0, 0.1) is 6.92 Å². The van der Waals surface area contributed by atoms with Crippen LogP contribution in [0.4, 0.5) is 0 Å². The van der Waals surface area contributed by atoms with Gasteiger partial charge in [0.25, 0.3) is 5.91 Å². The zero-order valence-corrected chi connectivity index (χ0v) is 16.4. The third-order valence-electron chi connectivity index (χ3n) is 4.47. The van der Waals surface area contributed by atoms with Crippen LogP contribution in [0.15, 0.2) is 42.5 Å². The van der Waals surface area contributed by atoms with Crippen LogP contribution in [0.25, 0.3) is 16.8 Å². The van der Waals surface area contributed by atoms with E-state index in [-0.39, 0.29) is 18.6 Å². The van der Waals surface area contributed by atoms with E-state index in [2.05, 4.69) is 27.8 Å². The molecule has 1 atom stereocenters. The number of aromatic nitrogens is 4. The Hall–Kier alpha value is -3.06. The molecule has 0 radical (unpaired) electrons. The van der Waals surface area contributed by atoms with Gasteiger partial charge in [0, 0.05) is 18.0 Å². The second kappa shape index (κ2) is 8.75. The van der Waals surface area contributed by atoms with Crippen LogP contribution < -0.4 is 5.32 Å². The molecule has 1 heterocycles.